The summed E-state index contributed by atoms with van der Waals surface area (Å²) in [5.41, 5.74) is 1.30. The molecule has 9 heteroatoms. The van der Waals surface area contributed by atoms with Crippen molar-refractivity contribution in [3.05, 3.63) is 48.5 Å². The molecule has 2 heterocycles. The van der Waals surface area contributed by atoms with Crippen LogP contribution in [0.5, 0.6) is 11.5 Å². The highest BCUT2D eigenvalue weighted by Crippen LogP contribution is 2.30. The molecule has 0 radical (unpaired) electrons. The highest BCUT2D eigenvalue weighted by atomic mass is 32.1. The fourth-order valence-corrected chi connectivity index (χ4v) is 5.27. The zero-order valence-corrected chi connectivity index (χ0v) is 23.3. The lowest BCUT2D eigenvalue weighted by Crippen LogP contribution is -2.44. The number of thiocarbonyl (C=S) groups is 1. The third-order valence-electron chi connectivity index (χ3n) is 7.15. The van der Waals surface area contributed by atoms with Crippen molar-refractivity contribution in [1.29, 1.82) is 0 Å². The van der Waals surface area contributed by atoms with E-state index in [-0.39, 0.29) is 18.2 Å². The van der Waals surface area contributed by atoms with Gasteiger partial charge in [0.1, 0.15) is 17.5 Å². The van der Waals surface area contributed by atoms with Gasteiger partial charge in [-0.3, -0.25) is 14.5 Å². The van der Waals surface area contributed by atoms with Crippen molar-refractivity contribution in [3.63, 3.8) is 0 Å². The molecule has 38 heavy (non-hydrogen) atoms. The predicted molar refractivity (Wildman–Crippen MR) is 154 cm³/mol. The Morgan fingerprint density at radius 2 is 1.82 bits per heavy atom. The van der Waals surface area contributed by atoms with E-state index in [4.69, 9.17) is 21.7 Å². The van der Waals surface area contributed by atoms with Gasteiger partial charge in [0, 0.05) is 24.8 Å². The summed E-state index contributed by atoms with van der Waals surface area (Å²) in [7, 11) is 1.59. The lowest BCUT2D eigenvalue weighted by molar-refractivity contribution is -0.124. The van der Waals surface area contributed by atoms with Crippen LogP contribution in [0.3, 0.4) is 0 Å². The van der Waals surface area contributed by atoms with E-state index < -0.39 is 6.04 Å². The van der Waals surface area contributed by atoms with Crippen LogP contribution < -0.4 is 19.7 Å². The number of amides is 2. The van der Waals surface area contributed by atoms with Crippen LogP contribution in [0.4, 0.5) is 11.4 Å². The number of hydrogen-bond donors (Lipinski definition) is 1. The monoisotopic (exact) mass is 538 g/mol. The first-order valence-electron chi connectivity index (χ1n) is 13.4. The number of nitrogens with one attached hydrogen (secondary N) is 1. The summed E-state index contributed by atoms with van der Waals surface area (Å²) in [5.74, 6) is 1.70. The number of piperidine rings is 1. The Morgan fingerprint density at radius 1 is 1.08 bits per heavy atom. The van der Waals surface area contributed by atoms with Gasteiger partial charge in [-0.05, 0) is 86.9 Å². The van der Waals surface area contributed by atoms with Gasteiger partial charge in [-0.2, -0.15) is 0 Å². The lowest BCUT2D eigenvalue weighted by atomic mass is 9.99. The summed E-state index contributed by atoms with van der Waals surface area (Å²) in [6, 6.07) is 13.9. The van der Waals surface area contributed by atoms with Crippen molar-refractivity contribution in [2.45, 2.75) is 45.6 Å². The predicted octanol–water partition coefficient (Wildman–Crippen LogP) is 4.55. The lowest BCUT2D eigenvalue weighted by Gasteiger charge is -2.32. The number of carbonyl (C=O) groups is 2. The summed E-state index contributed by atoms with van der Waals surface area (Å²) in [6.45, 7) is 8.45. The summed E-state index contributed by atoms with van der Waals surface area (Å²) < 4.78 is 11.0. The first-order valence-corrected chi connectivity index (χ1v) is 13.8. The van der Waals surface area contributed by atoms with E-state index in [9.17, 15) is 9.59 Å². The second kappa shape index (κ2) is 13.1. The Balaban J connectivity index is 1.48. The Morgan fingerprint density at radius 3 is 2.50 bits per heavy atom. The van der Waals surface area contributed by atoms with Gasteiger partial charge in [0.05, 0.1) is 25.8 Å². The minimum atomic E-state index is -0.676. The number of anilines is 2. The van der Waals surface area contributed by atoms with Crippen molar-refractivity contribution in [3.8, 4) is 11.5 Å². The van der Waals surface area contributed by atoms with E-state index in [2.05, 4.69) is 24.1 Å². The molecule has 1 N–H and O–H groups in total. The van der Waals surface area contributed by atoms with Gasteiger partial charge in [-0.1, -0.05) is 19.9 Å². The van der Waals surface area contributed by atoms with Crippen molar-refractivity contribution >= 4 is 40.5 Å². The topological polar surface area (TPSA) is 74.3 Å². The van der Waals surface area contributed by atoms with Crippen LogP contribution in [0.1, 0.15) is 39.5 Å². The smallest absolute Gasteiger partial charge is 0.256 e. The highest BCUT2D eigenvalue weighted by Gasteiger charge is 2.44. The first-order chi connectivity index (χ1) is 18.4. The van der Waals surface area contributed by atoms with Crippen molar-refractivity contribution in [2.75, 3.05) is 50.1 Å². The van der Waals surface area contributed by atoms with Gasteiger partial charge in [0.2, 0.25) is 5.91 Å². The van der Waals surface area contributed by atoms with E-state index in [1.807, 2.05) is 47.4 Å². The average Bonchev–Trinajstić information content (AvgIpc) is 3.16. The molecular weight excluding hydrogens is 500 g/mol. The average molecular weight is 539 g/mol. The number of ether oxygens (including phenoxy) is 2. The maximum absolute atomic E-state index is 13.7. The van der Waals surface area contributed by atoms with Crippen LogP contribution in [0.2, 0.25) is 0 Å². The largest absolute Gasteiger partial charge is 0.497 e. The van der Waals surface area contributed by atoms with Crippen molar-refractivity contribution in [1.82, 2.24) is 9.80 Å². The second-order valence-electron chi connectivity index (χ2n) is 10.0. The molecule has 2 saturated heterocycles. The highest BCUT2D eigenvalue weighted by molar-refractivity contribution is 7.80. The Hall–Kier alpha value is -3.17. The molecule has 2 amide bonds. The van der Waals surface area contributed by atoms with Gasteiger partial charge < -0.3 is 24.6 Å². The Kier molecular flexibility index (Phi) is 9.58. The molecule has 0 bridgehead atoms. The molecule has 0 aliphatic carbocycles. The second-order valence-corrected chi connectivity index (χ2v) is 10.4. The molecule has 2 aromatic carbocycles. The van der Waals surface area contributed by atoms with E-state index >= 15 is 0 Å². The zero-order valence-electron chi connectivity index (χ0n) is 22.5. The summed E-state index contributed by atoms with van der Waals surface area (Å²) in [5, 5.41) is 3.35. The summed E-state index contributed by atoms with van der Waals surface area (Å²) in [4.78, 5) is 32.7. The molecule has 2 aliphatic rings. The van der Waals surface area contributed by atoms with Gasteiger partial charge in [0.25, 0.3) is 5.91 Å². The minimum absolute atomic E-state index is 0.00453. The van der Waals surface area contributed by atoms with Crippen LogP contribution in [-0.4, -0.2) is 72.7 Å². The number of hydrogen-bond acceptors (Lipinski definition) is 6. The van der Waals surface area contributed by atoms with Gasteiger partial charge in [-0.15, -0.1) is 0 Å². The van der Waals surface area contributed by atoms with Crippen molar-refractivity contribution in [2.24, 2.45) is 5.92 Å². The van der Waals surface area contributed by atoms with Crippen LogP contribution in [0.15, 0.2) is 48.5 Å². The van der Waals surface area contributed by atoms with Gasteiger partial charge in [0.15, 0.2) is 5.11 Å². The normalized spacial score (nSPS) is 18.7. The maximum Gasteiger partial charge on any atom is 0.256 e. The SMILES string of the molecule is CCCOc1ccc(NC(=O)C[C@@H]2C(=O)N(c3cccc(OC)c3)C(=S)N2CCN2CCC(C)CC2)cc1. The number of carbonyl (C=O) groups excluding carboxylic acids is 2. The number of rotatable bonds is 11. The third-order valence-corrected chi connectivity index (χ3v) is 7.57. The number of nitrogens with zero attached hydrogens (tertiary/aromatic N) is 3. The molecule has 2 aromatic rings. The molecule has 2 fully saturated rings. The van der Waals surface area contributed by atoms with Crippen molar-refractivity contribution < 1.29 is 19.1 Å². The quantitative estimate of drug-likeness (QED) is 0.421. The molecular formula is C29H38N4O4S. The zero-order chi connectivity index (χ0) is 27.1. The Labute approximate surface area is 230 Å². The van der Waals surface area contributed by atoms with Gasteiger partial charge >= 0.3 is 0 Å². The third kappa shape index (κ3) is 6.82. The van der Waals surface area contributed by atoms with E-state index in [0.717, 1.165) is 37.7 Å². The molecule has 2 aliphatic heterocycles. The standard InChI is InChI=1S/C29H38N4O4S/c1-4-18-37-24-10-8-22(9-11-24)30-27(34)20-26-28(35)33(23-6-5-7-25(19-23)36-3)29(38)32(26)17-16-31-14-12-21(2)13-15-31/h5-11,19,21,26H,4,12-18,20H2,1-3H3,(H,30,34)/t26-/m1/s1. The molecule has 0 aromatic heterocycles. The fourth-order valence-electron chi connectivity index (χ4n) is 4.85. The van der Waals surface area contributed by atoms with Crippen LogP contribution in [-0.2, 0) is 9.59 Å². The van der Waals surface area contributed by atoms with E-state index in [1.165, 1.54) is 17.7 Å². The summed E-state index contributed by atoms with van der Waals surface area (Å²) in [6.07, 6.45) is 3.28. The first kappa shape index (κ1) is 27.9. The van der Waals surface area contributed by atoms with Crippen LogP contribution in [0.25, 0.3) is 0 Å². The van der Waals surface area contributed by atoms with Crippen LogP contribution in [0, 0.1) is 5.92 Å². The van der Waals surface area contributed by atoms with Gasteiger partial charge in [-0.25, -0.2) is 0 Å². The van der Waals surface area contributed by atoms with E-state index in [1.54, 1.807) is 13.2 Å². The molecule has 4 rings (SSSR count). The number of benzene rings is 2. The minimum Gasteiger partial charge on any atom is -0.497 e. The maximum atomic E-state index is 13.7. The molecule has 0 spiro atoms. The van der Waals surface area contributed by atoms with E-state index in [0.29, 0.717) is 35.4 Å². The molecule has 0 unspecified atom stereocenters. The fraction of sp³-hybridized carbons (Fsp3) is 0.483. The Bertz CT molecular complexity index is 1120. The number of methoxy groups -OCH3 is 1. The molecule has 1 atom stereocenters. The van der Waals surface area contributed by atoms with Crippen LogP contribution >= 0.6 is 12.2 Å². The molecule has 0 saturated carbocycles. The molecule has 204 valence electrons. The number of likely N-dealkylation sites (tertiary alicyclic amines) is 1. The summed E-state index contributed by atoms with van der Waals surface area (Å²) >= 11 is 5.82. The molecule has 8 nitrogen and oxygen atoms in total.